The Morgan fingerprint density at radius 3 is 2.46 bits per heavy atom. The monoisotopic (exact) mass is 375 g/mol. The molecule has 0 saturated heterocycles. The van der Waals surface area contributed by atoms with Crippen LogP contribution in [0.5, 0.6) is 11.5 Å². The molecule has 0 bridgehead atoms. The molecule has 0 atom stereocenters. The molecule has 0 radical (unpaired) electrons. The first-order valence-corrected chi connectivity index (χ1v) is 8.80. The number of aryl methyl sites for hydroxylation is 2. The molecule has 2 N–H and O–H groups in total. The highest BCUT2D eigenvalue weighted by Gasteiger charge is 2.11. The summed E-state index contributed by atoms with van der Waals surface area (Å²) >= 11 is 0. The van der Waals surface area contributed by atoms with Crippen LogP contribution in [0.25, 0.3) is 0 Å². The van der Waals surface area contributed by atoms with E-state index in [1.807, 2.05) is 26.0 Å². The molecule has 3 aromatic rings. The Hall–Kier alpha value is -3.67. The molecule has 0 aliphatic heterocycles. The molecule has 0 unspecified atom stereocenters. The lowest BCUT2D eigenvalue weighted by Gasteiger charge is -2.12. The second kappa shape index (κ2) is 8.35. The van der Waals surface area contributed by atoms with E-state index in [0.29, 0.717) is 28.4 Å². The number of aromatic nitrogens is 1. The van der Waals surface area contributed by atoms with Gasteiger partial charge in [-0.05, 0) is 67.4 Å². The predicted molar refractivity (Wildman–Crippen MR) is 109 cm³/mol. The fraction of sp³-hybridized carbons (Fsp3) is 0.136. The van der Waals surface area contributed by atoms with E-state index in [1.54, 1.807) is 48.8 Å². The van der Waals surface area contributed by atoms with Crippen LogP contribution in [0.2, 0.25) is 0 Å². The predicted octanol–water partition coefficient (Wildman–Crippen LogP) is 4.70. The highest BCUT2D eigenvalue weighted by atomic mass is 16.5. The van der Waals surface area contributed by atoms with E-state index < -0.39 is 0 Å². The van der Waals surface area contributed by atoms with Gasteiger partial charge in [-0.3, -0.25) is 14.6 Å². The Morgan fingerprint density at radius 2 is 1.79 bits per heavy atom. The molecule has 0 fully saturated rings. The van der Waals surface area contributed by atoms with Crippen molar-refractivity contribution in [2.45, 2.75) is 20.8 Å². The van der Waals surface area contributed by atoms with Crippen LogP contribution in [0, 0.1) is 13.8 Å². The summed E-state index contributed by atoms with van der Waals surface area (Å²) in [5.74, 6) is 0.897. The molecule has 2 aromatic carbocycles. The molecular weight excluding hydrogens is 354 g/mol. The lowest BCUT2D eigenvalue weighted by molar-refractivity contribution is -0.114. The van der Waals surface area contributed by atoms with Crippen LogP contribution in [0.15, 0.2) is 60.9 Å². The second-order valence-electron chi connectivity index (χ2n) is 6.44. The Labute approximate surface area is 163 Å². The number of carbonyl (C=O) groups is 2. The van der Waals surface area contributed by atoms with Crippen molar-refractivity contribution in [2.24, 2.45) is 0 Å². The first-order valence-electron chi connectivity index (χ1n) is 8.80. The van der Waals surface area contributed by atoms with Gasteiger partial charge in [-0.1, -0.05) is 6.07 Å². The van der Waals surface area contributed by atoms with Crippen molar-refractivity contribution in [1.82, 2.24) is 4.98 Å². The molecular formula is C22H21N3O3. The van der Waals surface area contributed by atoms with Gasteiger partial charge in [0, 0.05) is 30.1 Å². The van der Waals surface area contributed by atoms with Crippen molar-refractivity contribution < 1.29 is 14.3 Å². The van der Waals surface area contributed by atoms with Crippen LogP contribution in [0.1, 0.15) is 28.4 Å². The molecule has 0 aliphatic rings. The molecule has 28 heavy (non-hydrogen) atoms. The third kappa shape index (κ3) is 4.73. The van der Waals surface area contributed by atoms with Crippen molar-refractivity contribution in [3.63, 3.8) is 0 Å². The molecule has 6 heteroatoms. The zero-order valence-electron chi connectivity index (χ0n) is 15.9. The first-order chi connectivity index (χ1) is 13.4. The third-order valence-corrected chi connectivity index (χ3v) is 4.11. The molecule has 0 aliphatic carbocycles. The zero-order chi connectivity index (χ0) is 20.1. The van der Waals surface area contributed by atoms with Crippen molar-refractivity contribution in [3.05, 3.63) is 77.6 Å². The number of ether oxygens (including phenoxy) is 1. The molecule has 2 amide bonds. The van der Waals surface area contributed by atoms with E-state index in [-0.39, 0.29) is 11.8 Å². The molecule has 6 nitrogen and oxygen atoms in total. The third-order valence-electron chi connectivity index (χ3n) is 4.11. The van der Waals surface area contributed by atoms with E-state index >= 15 is 0 Å². The fourth-order valence-corrected chi connectivity index (χ4v) is 2.67. The molecule has 1 heterocycles. The highest BCUT2D eigenvalue weighted by Crippen LogP contribution is 2.27. The number of hydrogen-bond donors (Lipinski definition) is 2. The number of nitrogens with zero attached hydrogens (tertiary/aromatic N) is 1. The minimum atomic E-state index is -0.257. The molecule has 3 rings (SSSR count). The summed E-state index contributed by atoms with van der Waals surface area (Å²) in [5, 5.41) is 5.60. The smallest absolute Gasteiger partial charge is 0.255 e. The van der Waals surface area contributed by atoms with Crippen molar-refractivity contribution in [3.8, 4) is 11.5 Å². The first kappa shape index (κ1) is 19.1. The minimum absolute atomic E-state index is 0.180. The molecule has 1 aromatic heterocycles. The van der Waals surface area contributed by atoms with Crippen molar-refractivity contribution >= 4 is 23.2 Å². The molecule has 142 valence electrons. The van der Waals surface area contributed by atoms with E-state index in [9.17, 15) is 9.59 Å². The Bertz CT molecular complexity index is 1020. The Morgan fingerprint density at radius 1 is 0.964 bits per heavy atom. The number of carbonyl (C=O) groups excluding carboxylic acids is 2. The quantitative estimate of drug-likeness (QED) is 0.677. The summed E-state index contributed by atoms with van der Waals surface area (Å²) in [4.78, 5) is 27.9. The van der Waals surface area contributed by atoms with Gasteiger partial charge in [-0.25, -0.2) is 0 Å². The summed E-state index contributed by atoms with van der Waals surface area (Å²) in [5.41, 5.74) is 3.51. The summed E-state index contributed by atoms with van der Waals surface area (Å²) in [6, 6.07) is 14.2. The molecule has 0 spiro atoms. The zero-order valence-corrected chi connectivity index (χ0v) is 15.9. The van der Waals surface area contributed by atoms with Gasteiger partial charge in [-0.15, -0.1) is 0 Å². The summed E-state index contributed by atoms with van der Waals surface area (Å²) in [7, 11) is 0. The largest absolute Gasteiger partial charge is 0.455 e. The maximum atomic E-state index is 12.6. The summed E-state index contributed by atoms with van der Waals surface area (Å²) < 4.78 is 5.80. The van der Waals surface area contributed by atoms with Gasteiger partial charge < -0.3 is 15.4 Å². The number of benzene rings is 2. The number of rotatable bonds is 5. The lowest BCUT2D eigenvalue weighted by atomic mass is 10.1. The number of hydrogen-bond acceptors (Lipinski definition) is 4. The number of amides is 2. The Balaban J connectivity index is 1.74. The van der Waals surface area contributed by atoms with Crippen LogP contribution in [-0.4, -0.2) is 16.8 Å². The normalized spacial score (nSPS) is 10.2. The number of pyridine rings is 1. The molecule has 0 saturated carbocycles. The Kier molecular flexibility index (Phi) is 5.69. The number of nitrogens with one attached hydrogen (secondary N) is 2. The van der Waals surface area contributed by atoms with Crippen LogP contribution in [-0.2, 0) is 4.79 Å². The average Bonchev–Trinajstić information content (AvgIpc) is 2.66. The van der Waals surface area contributed by atoms with Crippen LogP contribution < -0.4 is 15.4 Å². The summed E-state index contributed by atoms with van der Waals surface area (Å²) in [6.45, 7) is 5.21. The van der Waals surface area contributed by atoms with Crippen LogP contribution in [0.3, 0.4) is 0 Å². The van der Waals surface area contributed by atoms with Gasteiger partial charge in [0.2, 0.25) is 5.91 Å². The standard InChI is InChI=1S/C22H21N3O3/c1-14-6-7-17(12-20(14)24-16(3)26)22(27)25-18-8-9-21(15(2)11-18)28-19-5-4-10-23-13-19/h4-13H,1-3H3,(H,24,26)(H,25,27). The number of anilines is 2. The van der Waals surface area contributed by atoms with E-state index in [2.05, 4.69) is 15.6 Å². The maximum Gasteiger partial charge on any atom is 0.255 e. The van der Waals surface area contributed by atoms with Crippen molar-refractivity contribution in [1.29, 1.82) is 0 Å². The fourth-order valence-electron chi connectivity index (χ4n) is 2.67. The van der Waals surface area contributed by atoms with E-state index in [4.69, 9.17) is 4.74 Å². The maximum absolute atomic E-state index is 12.6. The van der Waals surface area contributed by atoms with Crippen LogP contribution >= 0.6 is 0 Å². The van der Waals surface area contributed by atoms with Gasteiger partial charge in [0.1, 0.15) is 11.5 Å². The minimum Gasteiger partial charge on any atom is -0.455 e. The van der Waals surface area contributed by atoms with E-state index in [1.165, 1.54) is 6.92 Å². The van der Waals surface area contributed by atoms with Gasteiger partial charge >= 0.3 is 0 Å². The second-order valence-corrected chi connectivity index (χ2v) is 6.44. The topological polar surface area (TPSA) is 80.3 Å². The highest BCUT2D eigenvalue weighted by molar-refractivity contribution is 6.05. The van der Waals surface area contributed by atoms with E-state index in [0.717, 1.165) is 11.1 Å². The average molecular weight is 375 g/mol. The van der Waals surface area contributed by atoms with Gasteiger partial charge in [0.05, 0.1) is 6.20 Å². The van der Waals surface area contributed by atoms with Crippen molar-refractivity contribution in [2.75, 3.05) is 10.6 Å². The van der Waals surface area contributed by atoms with Gasteiger partial charge in [0.25, 0.3) is 5.91 Å². The summed E-state index contributed by atoms with van der Waals surface area (Å²) in [6.07, 6.45) is 3.32. The SMILES string of the molecule is CC(=O)Nc1cc(C(=O)Nc2ccc(Oc3cccnc3)c(C)c2)ccc1C. The van der Waals surface area contributed by atoms with Crippen LogP contribution in [0.4, 0.5) is 11.4 Å². The van der Waals surface area contributed by atoms with Gasteiger partial charge in [-0.2, -0.15) is 0 Å². The lowest BCUT2D eigenvalue weighted by Crippen LogP contribution is -2.14. The van der Waals surface area contributed by atoms with Gasteiger partial charge in [0.15, 0.2) is 0 Å².